The maximum absolute atomic E-state index is 14.5. The third-order valence-electron chi connectivity index (χ3n) is 4.93. The molecular formula is C18H29FN2. The van der Waals surface area contributed by atoms with Gasteiger partial charge in [-0.25, -0.2) is 4.39 Å². The van der Waals surface area contributed by atoms with Gasteiger partial charge in [-0.2, -0.15) is 0 Å². The Bertz CT molecular complexity index is 461. The Kier molecular flexibility index (Phi) is 5.63. The molecule has 1 aliphatic carbocycles. The molecule has 118 valence electrons. The molecule has 0 spiro atoms. The molecule has 3 atom stereocenters. The number of halogens is 1. The molecule has 2 nitrogen and oxygen atoms in total. The highest BCUT2D eigenvalue weighted by Gasteiger charge is 2.26. The minimum Gasteiger partial charge on any atom is -0.369 e. The fraction of sp³-hybridized carbons (Fsp3) is 0.667. The van der Waals surface area contributed by atoms with Crippen molar-refractivity contribution in [2.75, 3.05) is 18.5 Å². The Morgan fingerprint density at radius 2 is 2.05 bits per heavy atom. The molecule has 1 fully saturated rings. The maximum Gasteiger partial charge on any atom is 0.146 e. The van der Waals surface area contributed by atoms with E-state index in [0.29, 0.717) is 12.0 Å². The van der Waals surface area contributed by atoms with Crippen molar-refractivity contribution in [1.82, 2.24) is 5.32 Å². The van der Waals surface area contributed by atoms with Crippen LogP contribution in [-0.2, 0) is 0 Å². The second-order valence-electron chi connectivity index (χ2n) is 6.43. The predicted octanol–water partition coefficient (Wildman–Crippen LogP) is 4.51. The first-order valence-electron chi connectivity index (χ1n) is 8.30. The van der Waals surface area contributed by atoms with Crippen molar-refractivity contribution in [3.63, 3.8) is 0 Å². The normalized spacial score (nSPS) is 23.9. The van der Waals surface area contributed by atoms with E-state index in [9.17, 15) is 4.39 Å². The molecule has 1 aromatic rings. The van der Waals surface area contributed by atoms with Crippen LogP contribution in [0.5, 0.6) is 0 Å². The molecule has 0 saturated heterocycles. The largest absolute Gasteiger partial charge is 0.369 e. The zero-order chi connectivity index (χ0) is 15.4. The molecule has 1 saturated carbocycles. The zero-order valence-electron chi connectivity index (χ0n) is 13.8. The average molecular weight is 292 g/mol. The second-order valence-corrected chi connectivity index (χ2v) is 6.43. The molecule has 1 N–H and O–H groups in total. The third kappa shape index (κ3) is 3.76. The van der Waals surface area contributed by atoms with E-state index in [1.54, 1.807) is 6.07 Å². The first-order chi connectivity index (χ1) is 10.0. The van der Waals surface area contributed by atoms with Gasteiger partial charge in [-0.3, -0.25) is 0 Å². The van der Waals surface area contributed by atoms with Crippen LogP contribution in [0.4, 0.5) is 10.1 Å². The van der Waals surface area contributed by atoms with Crippen LogP contribution in [0.2, 0.25) is 0 Å². The van der Waals surface area contributed by atoms with Gasteiger partial charge in [-0.05, 0) is 49.9 Å². The van der Waals surface area contributed by atoms with E-state index in [1.807, 2.05) is 13.1 Å². The molecule has 1 aromatic carbocycles. The van der Waals surface area contributed by atoms with E-state index in [2.05, 4.69) is 37.1 Å². The zero-order valence-corrected chi connectivity index (χ0v) is 13.8. The third-order valence-corrected chi connectivity index (χ3v) is 4.93. The summed E-state index contributed by atoms with van der Waals surface area (Å²) in [6, 6.07) is 6.34. The Hall–Kier alpha value is -1.09. The molecule has 21 heavy (non-hydrogen) atoms. The summed E-state index contributed by atoms with van der Waals surface area (Å²) in [6.45, 7) is 7.33. The maximum atomic E-state index is 14.5. The lowest BCUT2D eigenvalue weighted by atomic mass is 9.85. The minimum absolute atomic E-state index is 0.0995. The second kappa shape index (κ2) is 7.26. The molecule has 0 aromatic heterocycles. The Morgan fingerprint density at radius 1 is 1.33 bits per heavy atom. The predicted molar refractivity (Wildman–Crippen MR) is 88.3 cm³/mol. The van der Waals surface area contributed by atoms with Crippen molar-refractivity contribution in [3.8, 4) is 0 Å². The van der Waals surface area contributed by atoms with Crippen LogP contribution in [0.1, 0.15) is 58.1 Å². The fourth-order valence-electron chi connectivity index (χ4n) is 3.55. The van der Waals surface area contributed by atoms with Crippen molar-refractivity contribution < 1.29 is 4.39 Å². The van der Waals surface area contributed by atoms with Crippen molar-refractivity contribution in [2.45, 2.75) is 58.5 Å². The highest BCUT2D eigenvalue weighted by molar-refractivity contribution is 5.50. The first kappa shape index (κ1) is 16.3. The highest BCUT2D eigenvalue weighted by Crippen LogP contribution is 2.32. The number of benzene rings is 1. The van der Waals surface area contributed by atoms with Gasteiger partial charge in [0.05, 0.1) is 5.69 Å². The van der Waals surface area contributed by atoms with Gasteiger partial charge in [0.25, 0.3) is 0 Å². The van der Waals surface area contributed by atoms with Gasteiger partial charge >= 0.3 is 0 Å². The van der Waals surface area contributed by atoms with Crippen LogP contribution in [0, 0.1) is 11.7 Å². The monoisotopic (exact) mass is 292 g/mol. The van der Waals surface area contributed by atoms with Crippen LogP contribution in [-0.4, -0.2) is 19.6 Å². The minimum atomic E-state index is -0.0995. The lowest BCUT2D eigenvalue weighted by molar-refractivity contribution is 0.320. The summed E-state index contributed by atoms with van der Waals surface area (Å²) in [5, 5.41) is 3.33. The molecule has 2 rings (SSSR count). The number of nitrogens with one attached hydrogen (secondary N) is 1. The number of hydrogen-bond acceptors (Lipinski definition) is 2. The summed E-state index contributed by atoms with van der Waals surface area (Å²) in [5.74, 6) is 0.543. The van der Waals surface area contributed by atoms with Crippen LogP contribution in [0.15, 0.2) is 18.2 Å². The van der Waals surface area contributed by atoms with Gasteiger partial charge in [0, 0.05) is 19.1 Å². The lowest BCUT2D eigenvalue weighted by Crippen LogP contribution is -2.39. The molecular weight excluding hydrogens is 263 g/mol. The molecule has 0 aliphatic heterocycles. The Labute approximate surface area is 128 Å². The van der Waals surface area contributed by atoms with Crippen molar-refractivity contribution in [2.24, 2.45) is 5.92 Å². The first-order valence-corrected chi connectivity index (χ1v) is 8.30. The molecule has 1 aliphatic rings. The van der Waals surface area contributed by atoms with E-state index in [-0.39, 0.29) is 11.9 Å². The van der Waals surface area contributed by atoms with E-state index >= 15 is 0 Å². The summed E-state index contributed by atoms with van der Waals surface area (Å²) < 4.78 is 14.5. The van der Waals surface area contributed by atoms with Crippen LogP contribution in [0.3, 0.4) is 0 Å². The number of rotatable bonds is 5. The van der Waals surface area contributed by atoms with Gasteiger partial charge in [0.2, 0.25) is 0 Å². The number of hydrogen-bond donors (Lipinski definition) is 1. The number of nitrogens with zero attached hydrogens (tertiary/aromatic N) is 1. The lowest BCUT2D eigenvalue weighted by Gasteiger charge is -2.38. The fourth-order valence-corrected chi connectivity index (χ4v) is 3.55. The van der Waals surface area contributed by atoms with Gasteiger partial charge < -0.3 is 10.2 Å². The van der Waals surface area contributed by atoms with E-state index in [4.69, 9.17) is 0 Å². The van der Waals surface area contributed by atoms with E-state index in [1.165, 1.54) is 25.7 Å². The summed E-state index contributed by atoms with van der Waals surface area (Å²) >= 11 is 0. The summed E-state index contributed by atoms with van der Waals surface area (Å²) in [5.41, 5.74) is 1.75. The highest BCUT2D eigenvalue weighted by atomic mass is 19.1. The molecule has 0 heterocycles. The van der Waals surface area contributed by atoms with Gasteiger partial charge in [0.15, 0.2) is 0 Å². The van der Waals surface area contributed by atoms with Crippen LogP contribution < -0.4 is 10.2 Å². The van der Waals surface area contributed by atoms with Crippen LogP contribution in [0.25, 0.3) is 0 Å². The van der Waals surface area contributed by atoms with Gasteiger partial charge in [0.1, 0.15) is 5.82 Å². The molecule has 3 unspecified atom stereocenters. The van der Waals surface area contributed by atoms with Crippen molar-refractivity contribution >= 4 is 5.69 Å². The topological polar surface area (TPSA) is 15.3 Å². The van der Waals surface area contributed by atoms with Crippen molar-refractivity contribution in [1.29, 1.82) is 0 Å². The van der Waals surface area contributed by atoms with E-state index < -0.39 is 0 Å². The van der Waals surface area contributed by atoms with Gasteiger partial charge in [-0.1, -0.05) is 32.8 Å². The molecule has 0 bridgehead atoms. The number of anilines is 1. The molecule has 0 radical (unpaired) electrons. The quantitative estimate of drug-likeness (QED) is 0.859. The van der Waals surface area contributed by atoms with E-state index in [0.717, 1.165) is 17.8 Å². The van der Waals surface area contributed by atoms with Crippen LogP contribution >= 0.6 is 0 Å². The van der Waals surface area contributed by atoms with Crippen molar-refractivity contribution in [3.05, 3.63) is 29.6 Å². The molecule has 0 amide bonds. The SMILES string of the molecule is CCNC(C)c1ccc(N(C)C2CCCCC2C)c(F)c1. The summed E-state index contributed by atoms with van der Waals surface area (Å²) in [4.78, 5) is 2.15. The smallest absolute Gasteiger partial charge is 0.146 e. The summed E-state index contributed by atoms with van der Waals surface area (Å²) in [7, 11) is 2.04. The Morgan fingerprint density at radius 3 is 2.67 bits per heavy atom. The average Bonchev–Trinajstić information content (AvgIpc) is 2.47. The van der Waals surface area contributed by atoms with Gasteiger partial charge in [-0.15, -0.1) is 0 Å². The Balaban J connectivity index is 2.16. The molecule has 3 heteroatoms. The standard InChI is InChI=1S/C18H29FN2/c1-5-20-14(3)15-10-11-18(16(19)12-15)21(4)17-9-7-6-8-13(17)2/h10-14,17,20H,5-9H2,1-4H3. The summed E-state index contributed by atoms with van der Waals surface area (Å²) in [6.07, 6.45) is 5.00.